The molecule has 1 aromatic carbocycles. The van der Waals surface area contributed by atoms with E-state index in [0.717, 1.165) is 16.7 Å². The first-order valence-electron chi connectivity index (χ1n) is 7.25. The maximum Gasteiger partial charge on any atom is 0.126 e. The third-order valence-corrected chi connectivity index (χ3v) is 3.10. The second kappa shape index (κ2) is 8.95. The lowest BCUT2D eigenvalue weighted by molar-refractivity contribution is 0.0755. The van der Waals surface area contributed by atoms with Gasteiger partial charge in [-0.05, 0) is 45.4 Å². The van der Waals surface area contributed by atoms with Gasteiger partial charge in [-0.1, -0.05) is 0 Å². The zero-order chi connectivity index (χ0) is 15.0. The van der Waals surface area contributed by atoms with Gasteiger partial charge in [0.2, 0.25) is 0 Å². The van der Waals surface area contributed by atoms with Crippen molar-refractivity contribution in [1.82, 2.24) is 0 Å². The maximum atomic E-state index is 10.3. The molecule has 0 bridgehead atoms. The molecule has 0 radical (unpaired) electrons. The van der Waals surface area contributed by atoms with E-state index in [2.05, 4.69) is 0 Å². The van der Waals surface area contributed by atoms with Crippen molar-refractivity contribution in [2.75, 3.05) is 19.8 Å². The van der Waals surface area contributed by atoms with Gasteiger partial charge in [0.15, 0.2) is 0 Å². The Labute approximate surface area is 121 Å². The summed E-state index contributed by atoms with van der Waals surface area (Å²) in [5, 5.41) is 10.3. The molecule has 4 nitrogen and oxygen atoms in total. The van der Waals surface area contributed by atoms with Crippen molar-refractivity contribution < 1.29 is 19.3 Å². The molecule has 1 unspecified atom stereocenters. The summed E-state index contributed by atoms with van der Waals surface area (Å²) in [6.45, 7) is 10.5. The highest BCUT2D eigenvalue weighted by molar-refractivity contribution is 5.44. The Bertz CT molecular complexity index is 374. The second-order valence-electron chi connectivity index (χ2n) is 4.56. The van der Waals surface area contributed by atoms with Crippen LogP contribution in [0.4, 0.5) is 0 Å². The Kier molecular flexibility index (Phi) is 7.59. The van der Waals surface area contributed by atoms with Crippen molar-refractivity contribution in [2.24, 2.45) is 0 Å². The fourth-order valence-electron chi connectivity index (χ4n) is 2.01. The summed E-state index contributed by atoms with van der Waals surface area (Å²) in [5.41, 5.74) is 2.60. The number of rotatable bonds is 9. The van der Waals surface area contributed by atoms with E-state index in [1.54, 1.807) is 0 Å². The van der Waals surface area contributed by atoms with Gasteiger partial charge in [-0.3, -0.25) is 0 Å². The minimum absolute atomic E-state index is 0.0126. The molecular weight excluding hydrogens is 256 g/mol. The number of ether oxygens (including phenoxy) is 3. The van der Waals surface area contributed by atoms with Gasteiger partial charge in [0, 0.05) is 30.9 Å². The Balaban J connectivity index is 3.04. The third kappa shape index (κ3) is 4.78. The molecule has 0 saturated heterocycles. The molecule has 0 aromatic heterocycles. The fourth-order valence-corrected chi connectivity index (χ4v) is 2.01. The average molecular weight is 282 g/mol. The summed E-state index contributed by atoms with van der Waals surface area (Å²) >= 11 is 0. The fraction of sp³-hybridized carbons (Fsp3) is 0.625. The lowest BCUT2D eigenvalue weighted by Crippen LogP contribution is -2.04. The van der Waals surface area contributed by atoms with Gasteiger partial charge in [-0.2, -0.15) is 0 Å². The number of phenolic OH excluding ortho intramolecular Hbond substituents is 1. The van der Waals surface area contributed by atoms with Crippen LogP contribution in [0.1, 0.15) is 50.5 Å². The summed E-state index contributed by atoms with van der Waals surface area (Å²) in [6, 6.07) is 3.89. The van der Waals surface area contributed by atoms with Crippen LogP contribution < -0.4 is 0 Å². The molecule has 0 aliphatic carbocycles. The topological polar surface area (TPSA) is 47.9 Å². The average Bonchev–Trinajstić information content (AvgIpc) is 2.45. The maximum absolute atomic E-state index is 10.3. The van der Waals surface area contributed by atoms with Crippen molar-refractivity contribution in [3.63, 3.8) is 0 Å². The van der Waals surface area contributed by atoms with Crippen LogP contribution in [0.3, 0.4) is 0 Å². The van der Waals surface area contributed by atoms with Crippen molar-refractivity contribution in [3.05, 3.63) is 28.8 Å². The summed E-state index contributed by atoms with van der Waals surface area (Å²) in [5.74, 6) is 0.263. The Morgan fingerprint density at radius 1 is 0.950 bits per heavy atom. The van der Waals surface area contributed by atoms with E-state index < -0.39 is 0 Å². The van der Waals surface area contributed by atoms with Crippen LogP contribution in [-0.4, -0.2) is 24.9 Å². The smallest absolute Gasteiger partial charge is 0.126 e. The first kappa shape index (κ1) is 17.0. The number of hydrogen-bond donors (Lipinski definition) is 1. The quantitative estimate of drug-likeness (QED) is 0.752. The minimum atomic E-state index is -0.0126. The van der Waals surface area contributed by atoms with E-state index in [1.807, 2.05) is 39.8 Å². The predicted octanol–water partition coefficient (Wildman–Crippen LogP) is 3.56. The van der Waals surface area contributed by atoms with Gasteiger partial charge in [0.25, 0.3) is 0 Å². The SMILES string of the molecule is CCOCc1cc(C(C)OCC)cc(COCC)c1O. The first-order chi connectivity index (χ1) is 9.63. The van der Waals surface area contributed by atoms with Gasteiger partial charge in [-0.25, -0.2) is 0 Å². The molecule has 0 aliphatic heterocycles. The van der Waals surface area contributed by atoms with Crippen LogP contribution in [0.5, 0.6) is 5.75 Å². The van der Waals surface area contributed by atoms with E-state index in [4.69, 9.17) is 14.2 Å². The van der Waals surface area contributed by atoms with Gasteiger partial charge in [0.1, 0.15) is 5.75 Å². The Morgan fingerprint density at radius 3 is 1.85 bits per heavy atom. The normalized spacial score (nSPS) is 12.6. The number of aromatic hydroxyl groups is 1. The zero-order valence-corrected chi connectivity index (χ0v) is 12.9. The molecule has 20 heavy (non-hydrogen) atoms. The standard InChI is InChI=1S/C16H26O4/c1-5-18-10-14-8-13(12(4)20-7-3)9-15(16(14)17)11-19-6-2/h8-9,12,17H,5-7,10-11H2,1-4H3. The van der Waals surface area contributed by atoms with E-state index in [9.17, 15) is 5.11 Å². The summed E-state index contributed by atoms with van der Waals surface area (Å²) in [6.07, 6.45) is -0.0126. The lowest BCUT2D eigenvalue weighted by Gasteiger charge is -2.17. The van der Waals surface area contributed by atoms with Crippen molar-refractivity contribution in [1.29, 1.82) is 0 Å². The highest BCUT2D eigenvalue weighted by atomic mass is 16.5. The van der Waals surface area contributed by atoms with Crippen LogP contribution in [0.2, 0.25) is 0 Å². The number of phenols is 1. The molecule has 0 aliphatic rings. The molecule has 1 aromatic rings. The van der Waals surface area contributed by atoms with E-state index in [-0.39, 0.29) is 11.9 Å². The Hall–Kier alpha value is -1.10. The molecular formula is C16H26O4. The molecule has 114 valence electrons. The largest absolute Gasteiger partial charge is 0.507 e. The van der Waals surface area contributed by atoms with Gasteiger partial charge in [0.05, 0.1) is 19.3 Å². The molecule has 4 heteroatoms. The molecule has 0 amide bonds. The Morgan fingerprint density at radius 2 is 1.45 bits per heavy atom. The number of benzene rings is 1. The molecule has 0 heterocycles. The molecule has 1 rings (SSSR count). The highest BCUT2D eigenvalue weighted by Gasteiger charge is 2.14. The van der Waals surface area contributed by atoms with Crippen LogP contribution in [0, 0.1) is 0 Å². The third-order valence-electron chi connectivity index (χ3n) is 3.10. The minimum Gasteiger partial charge on any atom is -0.507 e. The summed E-state index contributed by atoms with van der Waals surface area (Å²) in [7, 11) is 0. The molecule has 1 atom stereocenters. The monoisotopic (exact) mass is 282 g/mol. The van der Waals surface area contributed by atoms with Gasteiger partial charge in [-0.15, -0.1) is 0 Å². The van der Waals surface area contributed by atoms with Crippen LogP contribution in [-0.2, 0) is 27.4 Å². The van der Waals surface area contributed by atoms with Crippen molar-refractivity contribution in [2.45, 2.75) is 47.0 Å². The zero-order valence-electron chi connectivity index (χ0n) is 12.9. The molecule has 1 N–H and O–H groups in total. The molecule has 0 fully saturated rings. The molecule has 0 spiro atoms. The summed E-state index contributed by atoms with van der Waals surface area (Å²) in [4.78, 5) is 0. The highest BCUT2D eigenvalue weighted by Crippen LogP contribution is 2.30. The molecule has 0 saturated carbocycles. The number of hydrogen-bond acceptors (Lipinski definition) is 4. The van der Waals surface area contributed by atoms with Crippen molar-refractivity contribution in [3.8, 4) is 5.75 Å². The van der Waals surface area contributed by atoms with E-state index >= 15 is 0 Å². The van der Waals surface area contributed by atoms with Gasteiger partial charge < -0.3 is 19.3 Å². The second-order valence-corrected chi connectivity index (χ2v) is 4.56. The lowest BCUT2D eigenvalue weighted by atomic mass is 10.0. The van der Waals surface area contributed by atoms with Crippen LogP contribution in [0.15, 0.2) is 12.1 Å². The van der Waals surface area contributed by atoms with Crippen LogP contribution in [0.25, 0.3) is 0 Å². The predicted molar refractivity (Wildman–Crippen MR) is 78.8 cm³/mol. The van der Waals surface area contributed by atoms with Gasteiger partial charge >= 0.3 is 0 Å². The van der Waals surface area contributed by atoms with Crippen molar-refractivity contribution >= 4 is 0 Å². The van der Waals surface area contributed by atoms with Crippen LogP contribution >= 0.6 is 0 Å². The van der Waals surface area contributed by atoms with E-state index in [0.29, 0.717) is 33.0 Å². The summed E-state index contributed by atoms with van der Waals surface area (Å²) < 4.78 is 16.4. The van der Waals surface area contributed by atoms with E-state index in [1.165, 1.54) is 0 Å². The first-order valence-corrected chi connectivity index (χ1v) is 7.25.